The summed E-state index contributed by atoms with van der Waals surface area (Å²) >= 11 is 6.85. The Bertz CT molecular complexity index is 586. The molecule has 0 aliphatic carbocycles. The van der Waals surface area contributed by atoms with Crippen molar-refractivity contribution >= 4 is 31.9 Å². The Morgan fingerprint density at radius 3 is 2.50 bits per heavy atom. The van der Waals surface area contributed by atoms with E-state index in [1.807, 2.05) is 30.3 Å². The Kier molecular flexibility index (Phi) is 5.75. The van der Waals surface area contributed by atoms with E-state index in [0.717, 1.165) is 28.6 Å². The first kappa shape index (κ1) is 15.7. The summed E-state index contributed by atoms with van der Waals surface area (Å²) in [6, 6.07) is 13.3. The topological polar surface area (TPSA) is 12.0 Å². The molecule has 1 unspecified atom stereocenters. The van der Waals surface area contributed by atoms with Crippen LogP contribution in [0, 0.1) is 5.82 Å². The Hall–Kier alpha value is -0.710. The molecule has 1 N–H and O–H groups in total. The number of hydrogen-bond acceptors (Lipinski definition) is 1. The maximum Gasteiger partial charge on any atom is 0.137 e. The van der Waals surface area contributed by atoms with Crippen LogP contribution in [-0.4, -0.2) is 6.54 Å². The van der Waals surface area contributed by atoms with Gasteiger partial charge in [0.05, 0.1) is 10.5 Å². The molecule has 4 heteroatoms. The smallest absolute Gasteiger partial charge is 0.137 e. The fourth-order valence-corrected chi connectivity index (χ4v) is 3.01. The first-order valence-electron chi connectivity index (χ1n) is 6.56. The van der Waals surface area contributed by atoms with Crippen molar-refractivity contribution in [2.45, 2.75) is 19.4 Å². The van der Waals surface area contributed by atoms with Crippen LogP contribution >= 0.6 is 31.9 Å². The summed E-state index contributed by atoms with van der Waals surface area (Å²) in [6.07, 6.45) is 1.04. The second-order valence-electron chi connectivity index (χ2n) is 4.58. The van der Waals surface area contributed by atoms with Crippen molar-refractivity contribution in [1.82, 2.24) is 5.32 Å². The molecule has 1 atom stereocenters. The summed E-state index contributed by atoms with van der Waals surface area (Å²) in [7, 11) is 0. The van der Waals surface area contributed by atoms with Crippen LogP contribution in [-0.2, 0) is 0 Å². The molecule has 2 rings (SSSR count). The molecule has 2 aromatic rings. The predicted octanol–water partition coefficient (Wildman–Crippen LogP) is 5.44. The van der Waals surface area contributed by atoms with E-state index in [2.05, 4.69) is 50.2 Å². The maximum atomic E-state index is 13.4. The first-order chi connectivity index (χ1) is 9.63. The highest BCUT2D eigenvalue weighted by atomic mass is 79.9. The molecule has 106 valence electrons. The van der Waals surface area contributed by atoms with Gasteiger partial charge in [-0.2, -0.15) is 0 Å². The van der Waals surface area contributed by atoms with Gasteiger partial charge in [-0.05, 0) is 58.2 Å². The third-order valence-electron chi connectivity index (χ3n) is 3.09. The Morgan fingerprint density at radius 1 is 1.10 bits per heavy atom. The lowest BCUT2D eigenvalue weighted by Gasteiger charge is -2.21. The fourth-order valence-electron chi connectivity index (χ4n) is 2.10. The average molecular weight is 401 g/mol. The van der Waals surface area contributed by atoms with E-state index in [1.165, 1.54) is 6.07 Å². The average Bonchev–Trinajstić information content (AvgIpc) is 2.44. The van der Waals surface area contributed by atoms with Crippen molar-refractivity contribution < 1.29 is 4.39 Å². The molecule has 0 spiro atoms. The summed E-state index contributed by atoms with van der Waals surface area (Å²) in [5.41, 5.74) is 2.19. The number of benzene rings is 2. The van der Waals surface area contributed by atoms with Crippen LogP contribution in [0.25, 0.3) is 0 Å². The maximum absolute atomic E-state index is 13.4. The van der Waals surface area contributed by atoms with Crippen LogP contribution in [0.15, 0.2) is 51.4 Å². The Labute approximate surface area is 135 Å². The normalized spacial score (nSPS) is 12.4. The summed E-state index contributed by atoms with van der Waals surface area (Å²) in [6.45, 7) is 3.03. The molecule has 0 fully saturated rings. The minimum Gasteiger partial charge on any atom is -0.306 e. The van der Waals surface area contributed by atoms with E-state index in [9.17, 15) is 4.39 Å². The van der Waals surface area contributed by atoms with E-state index in [4.69, 9.17) is 0 Å². The van der Waals surface area contributed by atoms with Crippen molar-refractivity contribution in [2.24, 2.45) is 0 Å². The predicted molar refractivity (Wildman–Crippen MR) is 88.4 cm³/mol. The molecule has 0 saturated heterocycles. The molecule has 0 radical (unpaired) electrons. The zero-order valence-electron chi connectivity index (χ0n) is 11.2. The van der Waals surface area contributed by atoms with E-state index in [-0.39, 0.29) is 11.9 Å². The van der Waals surface area contributed by atoms with Crippen molar-refractivity contribution in [3.63, 3.8) is 0 Å². The second kappa shape index (κ2) is 7.34. The molecule has 0 aromatic heterocycles. The molecule has 0 aliphatic rings. The molecule has 0 amide bonds. The van der Waals surface area contributed by atoms with E-state index >= 15 is 0 Å². The van der Waals surface area contributed by atoms with E-state index in [0.29, 0.717) is 4.47 Å². The SMILES string of the molecule is CCCNC(c1ccc(F)c(Br)c1)c1ccccc1Br. The molecule has 20 heavy (non-hydrogen) atoms. The van der Waals surface area contributed by atoms with Crippen LogP contribution in [0.4, 0.5) is 4.39 Å². The molecule has 2 aromatic carbocycles. The third-order valence-corrected chi connectivity index (χ3v) is 4.42. The number of nitrogens with one attached hydrogen (secondary N) is 1. The lowest BCUT2D eigenvalue weighted by molar-refractivity contribution is 0.589. The Balaban J connectivity index is 2.41. The molecule has 0 saturated carbocycles. The standard InChI is InChI=1S/C16H16Br2FN/c1-2-9-20-16(12-5-3-4-6-13(12)17)11-7-8-15(19)14(18)10-11/h3-8,10,16,20H,2,9H2,1H3. The van der Waals surface area contributed by atoms with Crippen molar-refractivity contribution in [2.75, 3.05) is 6.54 Å². The van der Waals surface area contributed by atoms with Crippen molar-refractivity contribution in [3.8, 4) is 0 Å². The lowest BCUT2D eigenvalue weighted by Crippen LogP contribution is -2.23. The van der Waals surface area contributed by atoms with E-state index in [1.54, 1.807) is 0 Å². The van der Waals surface area contributed by atoms with Crippen LogP contribution in [0.5, 0.6) is 0 Å². The van der Waals surface area contributed by atoms with Crippen molar-refractivity contribution in [1.29, 1.82) is 0 Å². The molecule has 0 heterocycles. The summed E-state index contributed by atoms with van der Waals surface area (Å²) in [4.78, 5) is 0. The van der Waals surface area contributed by atoms with Crippen LogP contribution in [0.3, 0.4) is 0 Å². The van der Waals surface area contributed by atoms with Crippen LogP contribution in [0.1, 0.15) is 30.5 Å². The molecule has 0 bridgehead atoms. The van der Waals surface area contributed by atoms with E-state index < -0.39 is 0 Å². The van der Waals surface area contributed by atoms with Crippen LogP contribution in [0.2, 0.25) is 0 Å². The highest BCUT2D eigenvalue weighted by molar-refractivity contribution is 9.10. The van der Waals surface area contributed by atoms with Gasteiger partial charge < -0.3 is 5.32 Å². The fraction of sp³-hybridized carbons (Fsp3) is 0.250. The zero-order valence-corrected chi connectivity index (χ0v) is 14.3. The van der Waals surface area contributed by atoms with Gasteiger partial charge in [0.2, 0.25) is 0 Å². The minimum absolute atomic E-state index is 0.0439. The molecular weight excluding hydrogens is 385 g/mol. The minimum atomic E-state index is -0.241. The van der Waals surface area contributed by atoms with Gasteiger partial charge in [-0.25, -0.2) is 4.39 Å². The van der Waals surface area contributed by atoms with Gasteiger partial charge in [0.15, 0.2) is 0 Å². The van der Waals surface area contributed by atoms with Gasteiger partial charge in [-0.15, -0.1) is 0 Å². The van der Waals surface area contributed by atoms with Gasteiger partial charge in [-0.3, -0.25) is 0 Å². The van der Waals surface area contributed by atoms with Gasteiger partial charge in [0, 0.05) is 4.47 Å². The molecule has 1 nitrogen and oxygen atoms in total. The Morgan fingerprint density at radius 2 is 1.85 bits per heavy atom. The van der Waals surface area contributed by atoms with Gasteiger partial charge in [0.1, 0.15) is 5.82 Å². The summed E-state index contributed by atoms with van der Waals surface area (Å²) < 4.78 is 15.0. The van der Waals surface area contributed by atoms with Gasteiger partial charge in [0.25, 0.3) is 0 Å². The highest BCUT2D eigenvalue weighted by Gasteiger charge is 2.16. The summed E-state index contributed by atoms with van der Waals surface area (Å²) in [5.74, 6) is -0.241. The highest BCUT2D eigenvalue weighted by Crippen LogP contribution is 2.30. The monoisotopic (exact) mass is 399 g/mol. The van der Waals surface area contributed by atoms with Crippen LogP contribution < -0.4 is 5.32 Å². The first-order valence-corrected chi connectivity index (χ1v) is 8.15. The number of rotatable bonds is 5. The van der Waals surface area contributed by atoms with Gasteiger partial charge >= 0.3 is 0 Å². The number of halogens is 3. The second-order valence-corrected chi connectivity index (χ2v) is 6.29. The number of hydrogen-bond donors (Lipinski definition) is 1. The quantitative estimate of drug-likeness (QED) is 0.704. The molecular formula is C16H16Br2FN. The largest absolute Gasteiger partial charge is 0.306 e. The zero-order chi connectivity index (χ0) is 14.5. The molecule has 0 aliphatic heterocycles. The summed E-state index contributed by atoms with van der Waals surface area (Å²) in [5, 5.41) is 3.52. The van der Waals surface area contributed by atoms with Gasteiger partial charge in [-0.1, -0.05) is 47.1 Å². The van der Waals surface area contributed by atoms with Crippen molar-refractivity contribution in [3.05, 3.63) is 68.4 Å². The lowest BCUT2D eigenvalue weighted by atomic mass is 9.98. The third kappa shape index (κ3) is 3.68.